The average molecular weight is 292 g/mol. The van der Waals surface area contributed by atoms with Crippen LogP contribution in [-0.4, -0.2) is 35.8 Å². The molecule has 0 saturated heterocycles. The summed E-state index contributed by atoms with van der Waals surface area (Å²) in [5.74, 6) is -0.988. The van der Waals surface area contributed by atoms with Gasteiger partial charge in [-0.1, -0.05) is 0 Å². The summed E-state index contributed by atoms with van der Waals surface area (Å²) in [4.78, 5) is -0.235. The molecule has 0 fully saturated rings. The van der Waals surface area contributed by atoms with E-state index in [1.807, 2.05) is 0 Å². The van der Waals surface area contributed by atoms with Crippen molar-refractivity contribution in [1.82, 2.24) is 4.72 Å². The monoisotopic (exact) mass is 292 g/mol. The van der Waals surface area contributed by atoms with Crippen LogP contribution in [0.5, 0.6) is 5.75 Å². The van der Waals surface area contributed by atoms with Crippen LogP contribution >= 0.6 is 0 Å². The molecule has 108 valence electrons. The Morgan fingerprint density at radius 2 is 2.05 bits per heavy atom. The summed E-state index contributed by atoms with van der Waals surface area (Å²) < 4.78 is 49.2. The van der Waals surface area contributed by atoms with Crippen molar-refractivity contribution in [3.8, 4) is 5.75 Å². The first-order valence-electron chi connectivity index (χ1n) is 5.54. The quantitative estimate of drug-likeness (QED) is 0.571. The Kier molecular flexibility index (Phi) is 5.52. The van der Waals surface area contributed by atoms with E-state index in [1.54, 1.807) is 0 Å². The van der Waals surface area contributed by atoms with Gasteiger partial charge in [0.1, 0.15) is 0 Å². The Morgan fingerprint density at radius 3 is 2.58 bits per heavy atom. The molecule has 0 aliphatic heterocycles. The Balaban J connectivity index is 2.90. The van der Waals surface area contributed by atoms with Gasteiger partial charge in [0.25, 0.3) is 0 Å². The summed E-state index contributed by atoms with van der Waals surface area (Å²) >= 11 is 0. The maximum atomic E-state index is 13.6. The molecular weight excluding hydrogens is 275 g/mol. The lowest BCUT2D eigenvalue weighted by Crippen LogP contribution is -2.25. The van der Waals surface area contributed by atoms with Crippen molar-refractivity contribution in [2.24, 2.45) is 0 Å². The van der Waals surface area contributed by atoms with Crippen molar-refractivity contribution in [2.45, 2.75) is 11.3 Å². The van der Waals surface area contributed by atoms with E-state index in [0.29, 0.717) is 13.0 Å². The molecule has 0 spiro atoms. The van der Waals surface area contributed by atoms with E-state index in [-0.39, 0.29) is 22.9 Å². The van der Waals surface area contributed by atoms with Crippen LogP contribution in [0.1, 0.15) is 6.42 Å². The second-order valence-corrected chi connectivity index (χ2v) is 5.54. The third-order valence-corrected chi connectivity index (χ3v) is 3.82. The largest absolute Gasteiger partial charge is 0.492 e. The second kappa shape index (κ2) is 6.69. The first kappa shape index (κ1) is 15.7. The summed E-state index contributed by atoms with van der Waals surface area (Å²) in [5.41, 5.74) is 5.46. The highest BCUT2D eigenvalue weighted by atomic mass is 32.2. The van der Waals surface area contributed by atoms with E-state index in [4.69, 9.17) is 15.2 Å². The smallest absolute Gasteiger partial charge is 0.240 e. The van der Waals surface area contributed by atoms with E-state index >= 15 is 0 Å². The molecule has 6 nitrogen and oxygen atoms in total. The van der Waals surface area contributed by atoms with Crippen molar-refractivity contribution < 1.29 is 22.3 Å². The molecule has 0 aliphatic carbocycles. The van der Waals surface area contributed by atoms with Crippen molar-refractivity contribution >= 4 is 15.7 Å². The highest BCUT2D eigenvalue weighted by Gasteiger charge is 2.18. The Labute approximate surface area is 111 Å². The molecule has 1 aromatic rings. The third-order valence-electron chi connectivity index (χ3n) is 2.38. The molecule has 0 saturated carbocycles. The molecule has 3 N–H and O–H groups in total. The van der Waals surface area contributed by atoms with Crippen LogP contribution in [0.4, 0.5) is 10.1 Å². The number of anilines is 1. The number of sulfonamides is 1. The summed E-state index contributed by atoms with van der Waals surface area (Å²) in [6, 6.07) is 2.02. The standard InChI is InChI=1S/C11H17FN2O4S/c1-17-5-3-4-14-19(15,16)8-6-9(12)11(18-2)10(13)7-8/h6-7,14H,3-5,13H2,1-2H3. The number of nitrogens with two attached hydrogens (primary N) is 1. The lowest BCUT2D eigenvalue weighted by atomic mass is 10.3. The second-order valence-electron chi connectivity index (χ2n) is 3.77. The predicted octanol–water partition coefficient (Wildman–Crippen LogP) is 0.731. The third kappa shape index (κ3) is 4.05. The van der Waals surface area contributed by atoms with E-state index < -0.39 is 15.8 Å². The van der Waals surface area contributed by atoms with Crippen molar-refractivity contribution in [3.05, 3.63) is 17.9 Å². The van der Waals surface area contributed by atoms with Crippen LogP contribution in [0.3, 0.4) is 0 Å². The van der Waals surface area contributed by atoms with Crippen molar-refractivity contribution in [1.29, 1.82) is 0 Å². The Hall–Kier alpha value is -1.38. The highest BCUT2D eigenvalue weighted by molar-refractivity contribution is 7.89. The van der Waals surface area contributed by atoms with E-state index in [1.165, 1.54) is 14.2 Å². The Morgan fingerprint density at radius 1 is 1.37 bits per heavy atom. The number of nitrogen functional groups attached to an aromatic ring is 1. The normalized spacial score (nSPS) is 11.5. The van der Waals surface area contributed by atoms with E-state index in [0.717, 1.165) is 12.1 Å². The van der Waals surface area contributed by atoms with Gasteiger partial charge in [-0.05, 0) is 18.6 Å². The number of methoxy groups -OCH3 is 2. The van der Waals surface area contributed by atoms with Gasteiger partial charge < -0.3 is 15.2 Å². The first-order chi connectivity index (χ1) is 8.92. The summed E-state index contributed by atoms with van der Waals surface area (Å²) in [6.45, 7) is 0.630. The lowest BCUT2D eigenvalue weighted by molar-refractivity contribution is 0.196. The molecule has 1 rings (SSSR count). The summed E-state index contributed by atoms with van der Waals surface area (Å²) in [7, 11) is -1.01. The highest BCUT2D eigenvalue weighted by Crippen LogP contribution is 2.28. The maximum absolute atomic E-state index is 13.6. The molecule has 1 aromatic carbocycles. The molecule has 0 aromatic heterocycles. The van der Waals surface area contributed by atoms with Gasteiger partial charge in [0.05, 0.1) is 17.7 Å². The fourth-order valence-electron chi connectivity index (χ4n) is 1.47. The fraction of sp³-hybridized carbons (Fsp3) is 0.455. The SMILES string of the molecule is COCCCNS(=O)(=O)c1cc(N)c(OC)c(F)c1. The van der Waals surface area contributed by atoms with Gasteiger partial charge in [-0.25, -0.2) is 17.5 Å². The molecule has 0 unspecified atom stereocenters. The van der Waals surface area contributed by atoms with Crippen LogP contribution < -0.4 is 15.2 Å². The zero-order valence-corrected chi connectivity index (χ0v) is 11.6. The first-order valence-corrected chi connectivity index (χ1v) is 7.02. The van der Waals surface area contributed by atoms with Crippen molar-refractivity contribution in [2.75, 3.05) is 33.1 Å². The van der Waals surface area contributed by atoms with Gasteiger partial charge in [0, 0.05) is 20.3 Å². The maximum Gasteiger partial charge on any atom is 0.240 e. The Bertz CT molecular complexity index is 510. The number of rotatable bonds is 7. The van der Waals surface area contributed by atoms with Gasteiger partial charge in [-0.2, -0.15) is 0 Å². The minimum absolute atomic E-state index is 0.0697. The zero-order chi connectivity index (χ0) is 14.5. The van der Waals surface area contributed by atoms with Gasteiger partial charge in [-0.15, -0.1) is 0 Å². The number of halogens is 1. The minimum Gasteiger partial charge on any atom is -0.492 e. The molecule has 0 aliphatic rings. The predicted molar refractivity (Wildman–Crippen MR) is 69.0 cm³/mol. The van der Waals surface area contributed by atoms with Crippen LogP contribution in [0, 0.1) is 5.82 Å². The molecule has 0 heterocycles. The average Bonchev–Trinajstić information content (AvgIpc) is 2.34. The number of hydrogen-bond donors (Lipinski definition) is 2. The molecule has 8 heteroatoms. The van der Waals surface area contributed by atoms with Crippen LogP contribution in [0.2, 0.25) is 0 Å². The van der Waals surface area contributed by atoms with Crippen LogP contribution in [0.25, 0.3) is 0 Å². The van der Waals surface area contributed by atoms with E-state index in [2.05, 4.69) is 4.72 Å². The number of ether oxygens (including phenoxy) is 2. The van der Waals surface area contributed by atoms with Crippen molar-refractivity contribution in [3.63, 3.8) is 0 Å². The summed E-state index contributed by atoms with van der Waals surface area (Å²) in [6.07, 6.45) is 0.518. The van der Waals surface area contributed by atoms with Gasteiger partial charge in [0.2, 0.25) is 10.0 Å². The van der Waals surface area contributed by atoms with Gasteiger partial charge >= 0.3 is 0 Å². The summed E-state index contributed by atoms with van der Waals surface area (Å²) in [5, 5.41) is 0. The molecule has 19 heavy (non-hydrogen) atoms. The number of benzene rings is 1. The fourth-order valence-corrected chi connectivity index (χ4v) is 2.59. The molecule has 0 atom stereocenters. The van der Waals surface area contributed by atoms with Crippen LogP contribution in [0.15, 0.2) is 17.0 Å². The minimum atomic E-state index is -3.79. The van der Waals surface area contributed by atoms with Gasteiger partial charge in [-0.3, -0.25) is 0 Å². The number of nitrogens with one attached hydrogen (secondary N) is 1. The van der Waals surface area contributed by atoms with Gasteiger partial charge in [0.15, 0.2) is 11.6 Å². The molecule has 0 radical (unpaired) electrons. The van der Waals surface area contributed by atoms with Crippen LogP contribution in [-0.2, 0) is 14.8 Å². The topological polar surface area (TPSA) is 90.7 Å². The number of hydrogen-bond acceptors (Lipinski definition) is 5. The molecular formula is C11H17FN2O4S. The zero-order valence-electron chi connectivity index (χ0n) is 10.8. The molecule has 0 amide bonds. The molecule has 0 bridgehead atoms. The lowest BCUT2D eigenvalue weighted by Gasteiger charge is -2.10. The van der Waals surface area contributed by atoms with E-state index in [9.17, 15) is 12.8 Å².